The minimum Gasteiger partial charge on any atom is -0.507 e. The highest BCUT2D eigenvalue weighted by Crippen LogP contribution is 2.31. The summed E-state index contributed by atoms with van der Waals surface area (Å²) in [5.41, 5.74) is 1.22. The van der Waals surface area contributed by atoms with Crippen LogP contribution >= 0.6 is 39.3 Å². The predicted octanol–water partition coefficient (Wildman–Crippen LogP) is 4.70. The lowest BCUT2D eigenvalue weighted by molar-refractivity contribution is -0.115. The minimum absolute atomic E-state index is 0.0627. The molecule has 1 aliphatic heterocycles. The van der Waals surface area contributed by atoms with Crippen molar-refractivity contribution in [1.29, 1.82) is 0 Å². The molecule has 3 rings (SSSR count). The summed E-state index contributed by atoms with van der Waals surface area (Å²) in [6.45, 7) is 0. The molecule has 1 aliphatic rings. The Hall–Kier alpha value is -1.76. The van der Waals surface area contributed by atoms with Gasteiger partial charge in [0.1, 0.15) is 5.75 Å². The van der Waals surface area contributed by atoms with Crippen LogP contribution in [0, 0.1) is 0 Å². The maximum Gasteiger partial charge on any atom is 0.264 e. The summed E-state index contributed by atoms with van der Waals surface area (Å²) < 4.78 is 0.910. The molecule has 1 heterocycles. The number of amides is 1. The molecule has 4 nitrogen and oxygen atoms in total. The maximum absolute atomic E-state index is 12.0. The van der Waals surface area contributed by atoms with Gasteiger partial charge >= 0.3 is 0 Å². The van der Waals surface area contributed by atoms with Gasteiger partial charge in [0.2, 0.25) is 0 Å². The Labute approximate surface area is 150 Å². The number of benzene rings is 2. The van der Waals surface area contributed by atoms with Gasteiger partial charge in [-0.25, -0.2) is 4.99 Å². The summed E-state index contributed by atoms with van der Waals surface area (Å²) in [7, 11) is 0. The normalized spacial score (nSPS) is 17.7. The lowest BCUT2D eigenvalue weighted by Gasteiger charge is -2.00. The van der Waals surface area contributed by atoms with Crippen LogP contribution in [0.4, 0.5) is 5.69 Å². The number of nitrogens with zero attached hydrogens (tertiary/aromatic N) is 1. The zero-order valence-corrected chi connectivity index (χ0v) is 14.7. The third-order valence-electron chi connectivity index (χ3n) is 2.97. The van der Waals surface area contributed by atoms with Gasteiger partial charge in [-0.1, -0.05) is 33.6 Å². The van der Waals surface area contributed by atoms with Crippen LogP contribution in [0.25, 0.3) is 6.08 Å². The van der Waals surface area contributed by atoms with E-state index in [0.29, 0.717) is 20.7 Å². The van der Waals surface area contributed by atoms with E-state index in [1.54, 1.807) is 18.2 Å². The van der Waals surface area contributed by atoms with Gasteiger partial charge in [0, 0.05) is 15.1 Å². The van der Waals surface area contributed by atoms with E-state index >= 15 is 0 Å². The van der Waals surface area contributed by atoms with Crippen LogP contribution in [0.2, 0.25) is 5.02 Å². The van der Waals surface area contributed by atoms with Gasteiger partial charge in [-0.2, -0.15) is 0 Å². The van der Waals surface area contributed by atoms with Gasteiger partial charge in [0.25, 0.3) is 5.91 Å². The van der Waals surface area contributed by atoms with Crippen molar-refractivity contribution in [3.63, 3.8) is 0 Å². The highest BCUT2D eigenvalue weighted by atomic mass is 79.9. The fraction of sp³-hybridized carbons (Fsp3) is 0. The second-order valence-electron chi connectivity index (χ2n) is 4.66. The molecule has 1 fully saturated rings. The molecule has 0 unspecified atom stereocenters. The molecule has 1 amide bonds. The minimum atomic E-state index is -0.261. The zero-order chi connectivity index (χ0) is 16.4. The van der Waals surface area contributed by atoms with Crippen molar-refractivity contribution in [3.05, 3.63) is 62.4 Å². The van der Waals surface area contributed by atoms with Crippen LogP contribution in [0.15, 0.2) is 56.8 Å². The number of hydrogen-bond donors (Lipinski definition) is 2. The highest BCUT2D eigenvalue weighted by Gasteiger charge is 2.24. The number of nitrogens with one attached hydrogen (secondary N) is 1. The molecule has 2 aromatic carbocycles. The largest absolute Gasteiger partial charge is 0.507 e. The first-order valence-electron chi connectivity index (χ1n) is 6.55. The van der Waals surface area contributed by atoms with Crippen LogP contribution in [0.1, 0.15) is 5.56 Å². The monoisotopic (exact) mass is 408 g/mol. The predicted molar refractivity (Wildman–Crippen MR) is 98.1 cm³/mol. The summed E-state index contributed by atoms with van der Waals surface area (Å²) in [6.07, 6.45) is 1.59. The molecule has 1 saturated heterocycles. The number of carbonyl (C=O) groups excluding carboxylic acids is 1. The summed E-state index contributed by atoms with van der Waals surface area (Å²) in [6, 6.07) is 12.1. The first kappa shape index (κ1) is 16.1. The van der Waals surface area contributed by atoms with Crippen molar-refractivity contribution in [2.24, 2.45) is 4.99 Å². The Bertz CT molecular complexity index is 852. The topological polar surface area (TPSA) is 61.7 Å². The second-order valence-corrected chi connectivity index (χ2v) is 7.05. The number of thioether (sulfide) groups is 1. The van der Waals surface area contributed by atoms with Crippen LogP contribution in [-0.4, -0.2) is 16.2 Å². The maximum atomic E-state index is 12.0. The number of phenols is 1. The van der Waals surface area contributed by atoms with E-state index in [9.17, 15) is 9.90 Å². The van der Waals surface area contributed by atoms with Crippen molar-refractivity contribution < 1.29 is 9.90 Å². The number of aromatic hydroxyl groups is 1. The van der Waals surface area contributed by atoms with Crippen molar-refractivity contribution in [2.45, 2.75) is 0 Å². The molecule has 2 aromatic rings. The van der Waals surface area contributed by atoms with Gasteiger partial charge in [-0.05, 0) is 54.2 Å². The molecule has 2 N–H and O–H groups in total. The quantitative estimate of drug-likeness (QED) is 0.707. The molecule has 0 radical (unpaired) electrons. The Balaban J connectivity index is 1.88. The van der Waals surface area contributed by atoms with Gasteiger partial charge in [-0.15, -0.1) is 0 Å². The van der Waals surface area contributed by atoms with Crippen LogP contribution in [-0.2, 0) is 4.79 Å². The van der Waals surface area contributed by atoms with Crippen molar-refractivity contribution in [3.8, 4) is 5.75 Å². The van der Waals surface area contributed by atoms with Crippen LogP contribution in [0.3, 0.4) is 0 Å². The van der Waals surface area contributed by atoms with Crippen LogP contribution < -0.4 is 5.32 Å². The molecule has 0 bridgehead atoms. The molecule has 0 saturated carbocycles. The molecule has 0 spiro atoms. The molecule has 0 aliphatic carbocycles. The molecule has 7 heteroatoms. The van der Waals surface area contributed by atoms with Crippen molar-refractivity contribution in [2.75, 3.05) is 0 Å². The summed E-state index contributed by atoms with van der Waals surface area (Å²) in [4.78, 5) is 16.9. The SMILES string of the molecule is O=C1NC(=Nc2cccc(Br)c2)S/C1=C\c1cc(Cl)ccc1O. The van der Waals surface area contributed by atoms with E-state index in [1.807, 2.05) is 24.3 Å². The summed E-state index contributed by atoms with van der Waals surface area (Å²) >= 11 is 10.5. The second kappa shape index (κ2) is 6.78. The average Bonchev–Trinajstić information content (AvgIpc) is 2.83. The Morgan fingerprint density at radius 1 is 1.26 bits per heavy atom. The van der Waals surface area contributed by atoms with Gasteiger partial charge in [-0.3, -0.25) is 4.79 Å². The van der Waals surface area contributed by atoms with Gasteiger partial charge < -0.3 is 10.4 Å². The van der Waals surface area contributed by atoms with Gasteiger partial charge in [0.05, 0.1) is 10.6 Å². The third-order valence-corrected chi connectivity index (χ3v) is 4.60. The fourth-order valence-electron chi connectivity index (χ4n) is 1.93. The van der Waals surface area contributed by atoms with Crippen molar-refractivity contribution in [1.82, 2.24) is 5.32 Å². The van der Waals surface area contributed by atoms with E-state index in [0.717, 1.165) is 10.2 Å². The first-order chi connectivity index (χ1) is 11.0. The molecule has 116 valence electrons. The fourth-order valence-corrected chi connectivity index (χ4v) is 3.33. The van der Waals surface area contributed by atoms with Crippen molar-refractivity contribution >= 4 is 62.1 Å². The average molecular weight is 410 g/mol. The number of phenolic OH excluding ortho intramolecular Hbond substituents is 1. The third kappa shape index (κ3) is 3.96. The molecule has 0 aromatic heterocycles. The smallest absolute Gasteiger partial charge is 0.264 e. The Morgan fingerprint density at radius 2 is 2.09 bits per heavy atom. The number of hydrogen-bond acceptors (Lipinski definition) is 4. The molecule has 23 heavy (non-hydrogen) atoms. The Kier molecular flexibility index (Phi) is 4.75. The standard InChI is InChI=1S/C16H10BrClN2O2S/c17-10-2-1-3-12(8-10)19-16-20-15(22)14(23-16)7-9-6-11(18)4-5-13(9)21/h1-8,21H,(H,19,20,22)/b14-7-. The lowest BCUT2D eigenvalue weighted by Crippen LogP contribution is -2.19. The molecule has 0 atom stereocenters. The van der Waals surface area contributed by atoms with Crippen LogP contribution in [0.5, 0.6) is 5.75 Å². The lowest BCUT2D eigenvalue weighted by atomic mass is 10.2. The highest BCUT2D eigenvalue weighted by molar-refractivity contribution is 9.10. The van der Waals surface area contributed by atoms with Gasteiger partial charge in [0.15, 0.2) is 5.17 Å². The van der Waals surface area contributed by atoms with E-state index < -0.39 is 0 Å². The number of amidine groups is 1. The Morgan fingerprint density at radius 3 is 2.87 bits per heavy atom. The number of carbonyl (C=O) groups is 1. The molecular weight excluding hydrogens is 400 g/mol. The van der Waals surface area contributed by atoms with E-state index in [2.05, 4.69) is 26.2 Å². The first-order valence-corrected chi connectivity index (χ1v) is 8.54. The summed E-state index contributed by atoms with van der Waals surface area (Å²) in [5.74, 6) is -0.198. The van der Waals surface area contributed by atoms with E-state index in [1.165, 1.54) is 17.8 Å². The number of aliphatic imine (C=N–C) groups is 1. The number of halogens is 2. The molecular formula is C16H10BrClN2O2S. The van der Waals surface area contributed by atoms with E-state index in [4.69, 9.17) is 11.6 Å². The van der Waals surface area contributed by atoms with E-state index in [-0.39, 0.29) is 11.7 Å². The zero-order valence-electron chi connectivity index (χ0n) is 11.6. The number of rotatable bonds is 2. The summed E-state index contributed by atoms with van der Waals surface area (Å²) in [5, 5.41) is 13.5.